The van der Waals surface area contributed by atoms with Gasteiger partial charge in [0.25, 0.3) is 0 Å². The molecule has 0 unspecified atom stereocenters. The van der Waals surface area contributed by atoms with Crippen LogP contribution in [0.3, 0.4) is 0 Å². The Bertz CT molecular complexity index is 426. The van der Waals surface area contributed by atoms with Gasteiger partial charge in [0.1, 0.15) is 0 Å². The lowest BCUT2D eigenvalue weighted by Crippen LogP contribution is -1.90. The summed E-state index contributed by atoms with van der Waals surface area (Å²) in [7, 11) is 0. The normalized spacial score (nSPS) is 10.1. The van der Waals surface area contributed by atoms with Crippen molar-refractivity contribution in [1.82, 2.24) is 0 Å². The fourth-order valence-corrected chi connectivity index (χ4v) is 2.06. The van der Waals surface area contributed by atoms with Gasteiger partial charge in [0.15, 0.2) is 0 Å². The highest BCUT2D eigenvalue weighted by Gasteiger charge is 1.99. The zero-order valence-electron chi connectivity index (χ0n) is 7.95. The smallest absolute Gasteiger partial charge is 0.0355 e. The summed E-state index contributed by atoms with van der Waals surface area (Å²) in [6, 6.07) is 12.3. The molecule has 14 heavy (non-hydrogen) atoms. The molecular weight excluding hydrogens is 190 g/mol. The number of thiophene rings is 1. The second-order valence-corrected chi connectivity index (χ2v) is 4.13. The van der Waals surface area contributed by atoms with E-state index in [1.54, 1.807) is 18.3 Å². The number of benzene rings is 1. The number of nitrogens with one attached hydrogen (secondary N) is 1. The van der Waals surface area contributed by atoms with Gasteiger partial charge < -0.3 is 5.41 Å². The molecule has 0 spiro atoms. The zero-order valence-corrected chi connectivity index (χ0v) is 8.77. The van der Waals surface area contributed by atoms with Crippen molar-refractivity contribution in [3.63, 3.8) is 0 Å². The average molecular weight is 201 g/mol. The summed E-state index contributed by atoms with van der Waals surface area (Å²) in [5.41, 5.74) is 2.83. The van der Waals surface area contributed by atoms with E-state index in [1.165, 1.54) is 10.4 Å². The van der Waals surface area contributed by atoms with Gasteiger partial charge in [-0.1, -0.05) is 30.3 Å². The van der Waals surface area contributed by atoms with E-state index in [0.717, 1.165) is 5.56 Å². The molecule has 0 atom stereocenters. The lowest BCUT2D eigenvalue weighted by atomic mass is 10.1. The van der Waals surface area contributed by atoms with E-state index in [0.29, 0.717) is 5.71 Å². The molecule has 0 radical (unpaired) electrons. The Morgan fingerprint density at radius 2 is 1.86 bits per heavy atom. The minimum absolute atomic E-state index is 0.614. The van der Waals surface area contributed by atoms with Gasteiger partial charge in [-0.15, -0.1) is 11.3 Å². The molecule has 70 valence electrons. The first-order valence-electron chi connectivity index (χ1n) is 4.47. The fourth-order valence-electron chi connectivity index (χ4n) is 1.33. The second kappa shape index (κ2) is 3.76. The van der Waals surface area contributed by atoms with Crippen molar-refractivity contribution in [3.05, 3.63) is 47.3 Å². The summed E-state index contributed by atoms with van der Waals surface area (Å²) in [5, 5.41) is 9.56. The van der Waals surface area contributed by atoms with Crippen LogP contribution in [0.15, 0.2) is 41.8 Å². The van der Waals surface area contributed by atoms with Crippen molar-refractivity contribution in [2.75, 3.05) is 0 Å². The van der Waals surface area contributed by atoms with E-state index in [1.807, 2.05) is 12.1 Å². The zero-order chi connectivity index (χ0) is 9.97. The number of rotatable bonds is 2. The first-order valence-corrected chi connectivity index (χ1v) is 5.35. The standard InChI is InChI=1S/C12H11NS/c1-9(13)10-4-6-11(7-5-10)12-3-2-8-14-12/h2-8,13H,1H3. The van der Waals surface area contributed by atoms with Crippen molar-refractivity contribution in [3.8, 4) is 10.4 Å². The van der Waals surface area contributed by atoms with E-state index in [2.05, 4.69) is 29.6 Å². The topological polar surface area (TPSA) is 23.9 Å². The molecule has 1 nitrogen and oxygen atoms in total. The number of hydrogen-bond donors (Lipinski definition) is 1. The van der Waals surface area contributed by atoms with Crippen LogP contribution in [0.2, 0.25) is 0 Å². The summed E-state index contributed by atoms with van der Waals surface area (Å²) in [6.45, 7) is 1.81. The van der Waals surface area contributed by atoms with Gasteiger partial charge in [-0.3, -0.25) is 0 Å². The van der Waals surface area contributed by atoms with E-state index in [-0.39, 0.29) is 0 Å². The van der Waals surface area contributed by atoms with Gasteiger partial charge >= 0.3 is 0 Å². The molecule has 0 saturated heterocycles. The van der Waals surface area contributed by atoms with Crippen molar-refractivity contribution in [2.45, 2.75) is 6.92 Å². The Labute approximate surface area is 87.5 Å². The molecule has 0 amide bonds. The molecule has 0 saturated carbocycles. The van der Waals surface area contributed by atoms with Gasteiger partial charge in [0.05, 0.1) is 0 Å². The third-order valence-electron chi connectivity index (χ3n) is 2.12. The Balaban J connectivity index is 2.36. The Morgan fingerprint density at radius 3 is 2.36 bits per heavy atom. The quantitative estimate of drug-likeness (QED) is 0.714. The predicted molar refractivity (Wildman–Crippen MR) is 62.3 cm³/mol. The van der Waals surface area contributed by atoms with E-state index < -0.39 is 0 Å². The minimum atomic E-state index is 0.614. The maximum Gasteiger partial charge on any atom is 0.0355 e. The molecule has 1 N–H and O–H groups in total. The molecule has 0 fully saturated rings. The first kappa shape index (κ1) is 9.16. The summed E-state index contributed by atoms with van der Waals surface area (Å²) < 4.78 is 0. The van der Waals surface area contributed by atoms with Crippen LogP contribution in [0.5, 0.6) is 0 Å². The highest BCUT2D eigenvalue weighted by Crippen LogP contribution is 2.24. The molecule has 0 aliphatic heterocycles. The molecule has 2 heteroatoms. The Morgan fingerprint density at radius 1 is 1.14 bits per heavy atom. The third-order valence-corrected chi connectivity index (χ3v) is 3.04. The molecule has 0 aliphatic rings. The van der Waals surface area contributed by atoms with Gasteiger partial charge in [-0.25, -0.2) is 0 Å². The lowest BCUT2D eigenvalue weighted by Gasteiger charge is -2.00. The van der Waals surface area contributed by atoms with Crippen LogP contribution in [-0.2, 0) is 0 Å². The maximum atomic E-state index is 7.48. The SMILES string of the molecule is CC(=N)c1ccc(-c2cccs2)cc1. The Hall–Kier alpha value is -1.41. The van der Waals surface area contributed by atoms with Crippen LogP contribution in [0.4, 0.5) is 0 Å². The van der Waals surface area contributed by atoms with E-state index >= 15 is 0 Å². The molecule has 2 aromatic rings. The summed E-state index contributed by atoms with van der Waals surface area (Å²) >= 11 is 1.74. The van der Waals surface area contributed by atoms with E-state index in [9.17, 15) is 0 Å². The molecule has 1 aromatic carbocycles. The van der Waals surface area contributed by atoms with Crippen molar-refractivity contribution < 1.29 is 0 Å². The largest absolute Gasteiger partial charge is 0.305 e. The molecule has 1 heterocycles. The first-order chi connectivity index (χ1) is 6.77. The summed E-state index contributed by atoms with van der Waals surface area (Å²) in [5.74, 6) is 0. The van der Waals surface area contributed by atoms with Crippen LogP contribution in [0, 0.1) is 5.41 Å². The molecule has 0 bridgehead atoms. The third kappa shape index (κ3) is 1.75. The van der Waals surface area contributed by atoms with Crippen LogP contribution in [-0.4, -0.2) is 5.71 Å². The van der Waals surface area contributed by atoms with Gasteiger partial charge in [0.2, 0.25) is 0 Å². The van der Waals surface area contributed by atoms with Gasteiger partial charge in [-0.2, -0.15) is 0 Å². The van der Waals surface area contributed by atoms with E-state index in [4.69, 9.17) is 5.41 Å². The summed E-state index contributed by atoms with van der Waals surface area (Å²) in [6.07, 6.45) is 0. The highest BCUT2D eigenvalue weighted by atomic mass is 32.1. The molecular formula is C12H11NS. The van der Waals surface area contributed by atoms with Crippen LogP contribution in [0.1, 0.15) is 12.5 Å². The fraction of sp³-hybridized carbons (Fsp3) is 0.0833. The Kier molecular flexibility index (Phi) is 2.46. The second-order valence-electron chi connectivity index (χ2n) is 3.18. The van der Waals surface area contributed by atoms with Gasteiger partial charge in [0, 0.05) is 10.6 Å². The highest BCUT2D eigenvalue weighted by molar-refractivity contribution is 7.13. The van der Waals surface area contributed by atoms with Crippen LogP contribution in [0.25, 0.3) is 10.4 Å². The van der Waals surface area contributed by atoms with Crippen molar-refractivity contribution in [1.29, 1.82) is 5.41 Å². The van der Waals surface area contributed by atoms with Crippen molar-refractivity contribution >= 4 is 17.0 Å². The van der Waals surface area contributed by atoms with Crippen molar-refractivity contribution in [2.24, 2.45) is 0 Å². The number of hydrogen-bond acceptors (Lipinski definition) is 2. The minimum Gasteiger partial charge on any atom is -0.305 e. The average Bonchev–Trinajstić information content (AvgIpc) is 2.71. The maximum absolute atomic E-state index is 7.48. The lowest BCUT2D eigenvalue weighted by molar-refractivity contribution is 1.46. The van der Waals surface area contributed by atoms with Gasteiger partial charge in [-0.05, 0) is 29.5 Å². The van der Waals surface area contributed by atoms with Crippen LogP contribution < -0.4 is 0 Å². The predicted octanol–water partition coefficient (Wildman–Crippen LogP) is 3.80. The molecule has 1 aromatic heterocycles. The molecule has 0 aliphatic carbocycles. The molecule has 2 rings (SSSR count). The monoisotopic (exact) mass is 201 g/mol. The van der Waals surface area contributed by atoms with Crippen LogP contribution >= 0.6 is 11.3 Å². The summed E-state index contributed by atoms with van der Waals surface area (Å²) in [4.78, 5) is 1.28.